The lowest BCUT2D eigenvalue weighted by molar-refractivity contribution is -0.190. The van der Waals surface area contributed by atoms with Crippen LogP contribution >= 0.6 is 23.2 Å². The average molecular weight is 708 g/mol. The quantitative estimate of drug-likeness (QED) is 0.174. The zero-order valence-corrected chi connectivity index (χ0v) is 28.7. The van der Waals surface area contributed by atoms with E-state index in [-0.39, 0.29) is 44.1 Å². The van der Waals surface area contributed by atoms with Gasteiger partial charge in [-0.15, -0.1) is 0 Å². The van der Waals surface area contributed by atoms with Crippen LogP contribution in [0.2, 0.25) is 10.0 Å². The molecule has 3 atom stereocenters. The number of aromatic nitrogens is 6. The third-order valence-electron chi connectivity index (χ3n) is 9.05. The monoisotopic (exact) mass is 706 g/mol. The van der Waals surface area contributed by atoms with E-state index in [1.165, 1.54) is 9.36 Å². The van der Waals surface area contributed by atoms with Gasteiger partial charge in [0.05, 0.1) is 23.4 Å². The van der Waals surface area contributed by atoms with Gasteiger partial charge in [-0.25, -0.2) is 23.7 Å². The number of hydrogen-bond acceptors (Lipinski definition) is 9. The van der Waals surface area contributed by atoms with Crippen molar-refractivity contribution in [2.24, 2.45) is 0 Å². The normalized spacial score (nSPS) is 20.7. The minimum absolute atomic E-state index is 0.0326. The lowest BCUT2D eigenvalue weighted by Crippen LogP contribution is -2.46. The summed E-state index contributed by atoms with van der Waals surface area (Å²) >= 11 is 12.7. The summed E-state index contributed by atoms with van der Waals surface area (Å²) in [5, 5.41) is 9.10. The number of hydrogen-bond donors (Lipinski definition) is 0. The first kappa shape index (κ1) is 30.7. The van der Waals surface area contributed by atoms with Crippen molar-refractivity contribution in [2.45, 2.75) is 44.7 Å². The fourth-order valence-electron chi connectivity index (χ4n) is 6.16. The van der Waals surface area contributed by atoms with Crippen LogP contribution in [0.3, 0.4) is 0 Å². The van der Waals surface area contributed by atoms with Crippen LogP contribution in [0.1, 0.15) is 34.6 Å². The number of benzene rings is 3. The van der Waals surface area contributed by atoms with E-state index in [0.29, 0.717) is 21.4 Å². The van der Waals surface area contributed by atoms with Gasteiger partial charge in [-0.1, -0.05) is 36.2 Å². The van der Waals surface area contributed by atoms with Crippen molar-refractivity contribution in [1.82, 2.24) is 29.1 Å². The van der Waals surface area contributed by atoms with Crippen LogP contribution in [0.5, 0.6) is 5.75 Å². The summed E-state index contributed by atoms with van der Waals surface area (Å²) < 4.78 is 38.9. The summed E-state index contributed by atoms with van der Waals surface area (Å²) in [7, 11) is 0. The van der Waals surface area contributed by atoms with Crippen LogP contribution in [0.4, 0.5) is 11.4 Å². The first-order chi connectivity index (χ1) is 24.6. The molecule has 4 heterocycles. The van der Waals surface area contributed by atoms with Crippen molar-refractivity contribution in [1.29, 1.82) is 0 Å². The highest BCUT2D eigenvalue weighted by Crippen LogP contribution is 2.40. The molecule has 0 amide bonds. The summed E-state index contributed by atoms with van der Waals surface area (Å²) in [6.45, 7) is 7.87. The Balaban J connectivity index is 0.937. The summed E-state index contributed by atoms with van der Waals surface area (Å²) in [4.78, 5) is 21.3. The Labute approximate surface area is 297 Å². The summed E-state index contributed by atoms with van der Waals surface area (Å²) in [6, 6.07) is 21.1. The van der Waals surface area contributed by atoms with Gasteiger partial charge < -0.3 is 24.0 Å². The molecule has 3 aromatic carbocycles. The fourth-order valence-corrected chi connectivity index (χ4v) is 6.71. The van der Waals surface area contributed by atoms with Crippen LogP contribution < -0.4 is 20.2 Å². The van der Waals surface area contributed by atoms with E-state index in [1.807, 2.05) is 38.1 Å². The Morgan fingerprint density at radius 1 is 0.980 bits per heavy atom. The van der Waals surface area contributed by atoms with E-state index < -0.39 is 11.9 Å². The molecule has 256 valence electrons. The maximum atomic E-state index is 12.8. The molecule has 0 radical (unpaired) electrons. The molecule has 5 aromatic rings. The molecule has 7 rings (SSSR count). The van der Waals surface area contributed by atoms with Crippen molar-refractivity contribution < 1.29 is 17.0 Å². The molecule has 2 aliphatic rings. The SMILES string of the molecule is [2H]c1nc([2H])n(C[C@@]2(c3ccc(Cl)cc3Cl)OC[C@@H](COc3ccc(N4CCN(c5ccc(-n6cnn(C(C)CC)c6=O)cc5)CC4)cc3)O2)n1. The maximum Gasteiger partial charge on any atom is 0.350 e. The molecule has 14 heteroatoms. The van der Waals surface area contributed by atoms with Gasteiger partial charge in [-0.2, -0.15) is 10.2 Å². The van der Waals surface area contributed by atoms with Gasteiger partial charge in [0, 0.05) is 48.1 Å². The minimum atomic E-state index is -1.38. The second-order valence-electron chi connectivity index (χ2n) is 12.2. The standard InChI is InChI=1S/C35H38Cl2N8O4/c1-3-25(2)45-34(46)44(24-40-45)29-7-5-27(6-8-29)41-14-16-42(17-15-41)28-9-11-30(12-10-28)47-19-31-20-48-35(49-31,21-43-23-38-22-39-43)32-13-4-26(36)18-33(32)37/h4-13,18,22-25,31H,3,14-17,19-21H2,1-2H3/t25?,31-,35-/m1/s1/i22D,23D. The molecule has 2 aliphatic heterocycles. The largest absolute Gasteiger partial charge is 0.491 e. The van der Waals surface area contributed by atoms with Crippen molar-refractivity contribution in [2.75, 3.05) is 49.2 Å². The van der Waals surface area contributed by atoms with E-state index in [9.17, 15) is 4.79 Å². The van der Waals surface area contributed by atoms with Gasteiger partial charge in [-0.05, 0) is 74.0 Å². The number of nitrogens with zero attached hydrogens (tertiary/aromatic N) is 8. The third kappa shape index (κ3) is 7.04. The highest BCUT2D eigenvalue weighted by molar-refractivity contribution is 6.35. The first-order valence-corrected chi connectivity index (χ1v) is 17.0. The molecule has 0 spiro atoms. The Morgan fingerprint density at radius 2 is 1.65 bits per heavy atom. The maximum absolute atomic E-state index is 12.8. The average Bonchev–Trinajstić information content (AvgIpc) is 3.83. The molecule has 2 saturated heterocycles. The topological polar surface area (TPSA) is 105 Å². The van der Waals surface area contributed by atoms with Gasteiger partial charge in [-0.3, -0.25) is 0 Å². The van der Waals surface area contributed by atoms with Crippen molar-refractivity contribution in [3.05, 3.63) is 112 Å². The molecule has 12 nitrogen and oxygen atoms in total. The highest BCUT2D eigenvalue weighted by atomic mass is 35.5. The Kier molecular flexibility index (Phi) is 8.92. The van der Waals surface area contributed by atoms with Crippen molar-refractivity contribution >= 4 is 34.6 Å². The molecule has 0 saturated carbocycles. The first-order valence-electron chi connectivity index (χ1n) is 17.3. The molecule has 0 aliphatic carbocycles. The van der Waals surface area contributed by atoms with Gasteiger partial charge >= 0.3 is 5.69 Å². The summed E-state index contributed by atoms with van der Waals surface area (Å²) in [5.74, 6) is -0.684. The molecule has 1 unspecified atom stereocenters. The molecule has 2 aromatic heterocycles. The van der Waals surface area contributed by atoms with E-state index in [4.69, 9.17) is 40.2 Å². The summed E-state index contributed by atoms with van der Waals surface area (Å²) in [6.07, 6.45) is 1.52. The van der Waals surface area contributed by atoms with E-state index in [0.717, 1.165) is 49.7 Å². The molecular weight excluding hydrogens is 667 g/mol. The minimum Gasteiger partial charge on any atom is -0.491 e. The number of ether oxygens (including phenoxy) is 3. The Morgan fingerprint density at radius 3 is 2.29 bits per heavy atom. The molecule has 49 heavy (non-hydrogen) atoms. The summed E-state index contributed by atoms with van der Waals surface area (Å²) in [5.41, 5.74) is 3.43. The zero-order chi connectivity index (χ0) is 35.7. The number of halogens is 2. The molecule has 0 bridgehead atoms. The fraction of sp³-hybridized carbons (Fsp3) is 0.371. The molecule has 0 N–H and O–H groups in total. The van der Waals surface area contributed by atoms with Crippen LogP contribution in [0, 0.1) is 0 Å². The van der Waals surface area contributed by atoms with Gasteiger partial charge in [0.1, 0.15) is 46.7 Å². The lowest BCUT2D eigenvalue weighted by Gasteiger charge is -2.37. The van der Waals surface area contributed by atoms with Gasteiger partial charge in [0.2, 0.25) is 5.79 Å². The van der Waals surface area contributed by atoms with Gasteiger partial charge in [0.25, 0.3) is 0 Å². The van der Waals surface area contributed by atoms with E-state index >= 15 is 0 Å². The predicted octanol–water partition coefficient (Wildman–Crippen LogP) is 5.58. The van der Waals surface area contributed by atoms with Crippen LogP contribution in [-0.4, -0.2) is 74.6 Å². The van der Waals surface area contributed by atoms with E-state index in [1.54, 1.807) is 29.1 Å². The second-order valence-corrected chi connectivity index (χ2v) is 13.0. The second kappa shape index (κ2) is 14.2. The lowest BCUT2D eigenvalue weighted by atomic mass is 10.1. The van der Waals surface area contributed by atoms with Crippen molar-refractivity contribution in [3.63, 3.8) is 0 Å². The van der Waals surface area contributed by atoms with Crippen LogP contribution in [0.15, 0.2) is 90.5 Å². The smallest absolute Gasteiger partial charge is 0.350 e. The highest BCUT2D eigenvalue weighted by Gasteiger charge is 2.45. The van der Waals surface area contributed by atoms with Gasteiger partial charge in [0.15, 0.2) is 0 Å². The number of piperazine rings is 1. The number of anilines is 2. The van der Waals surface area contributed by atoms with Crippen LogP contribution in [-0.2, 0) is 21.8 Å². The molecular formula is C35H38Cl2N8O4. The van der Waals surface area contributed by atoms with Crippen molar-refractivity contribution in [3.8, 4) is 11.4 Å². The Bertz CT molecular complexity index is 2030. The third-order valence-corrected chi connectivity index (χ3v) is 9.60. The number of rotatable bonds is 11. The zero-order valence-electron chi connectivity index (χ0n) is 29.2. The predicted molar refractivity (Wildman–Crippen MR) is 188 cm³/mol. The Hall–Kier alpha value is -4.36. The van der Waals surface area contributed by atoms with E-state index in [2.05, 4.69) is 49.2 Å². The van der Waals surface area contributed by atoms with Crippen LogP contribution in [0.25, 0.3) is 5.69 Å². The molecule has 2 fully saturated rings.